The van der Waals surface area contributed by atoms with Crippen molar-refractivity contribution in [1.29, 1.82) is 0 Å². The molecule has 2 nitrogen and oxygen atoms in total. The third-order valence-electron chi connectivity index (χ3n) is 3.17. The van der Waals surface area contributed by atoms with Gasteiger partial charge < -0.3 is 0 Å². The van der Waals surface area contributed by atoms with Gasteiger partial charge in [0.1, 0.15) is 0 Å². The van der Waals surface area contributed by atoms with E-state index in [2.05, 4.69) is 0 Å². The second-order valence-corrected chi connectivity index (χ2v) is 7.54. The van der Waals surface area contributed by atoms with Gasteiger partial charge in [0.15, 0.2) is 9.84 Å². The van der Waals surface area contributed by atoms with E-state index in [1.54, 1.807) is 12.1 Å². The third-order valence-corrected chi connectivity index (χ3v) is 5.21. The fraction of sp³-hybridized carbons (Fsp3) is 0.250. The van der Waals surface area contributed by atoms with E-state index >= 15 is 0 Å². The first-order chi connectivity index (χ1) is 9.46. The number of rotatable bonds is 5. The van der Waals surface area contributed by atoms with Crippen molar-refractivity contribution in [1.82, 2.24) is 0 Å². The molecule has 0 heterocycles. The highest BCUT2D eigenvalue weighted by Gasteiger charge is 2.17. The lowest BCUT2D eigenvalue weighted by Gasteiger charge is -2.12. The van der Waals surface area contributed by atoms with Crippen LogP contribution in [0.5, 0.6) is 0 Å². The van der Waals surface area contributed by atoms with Gasteiger partial charge in [-0.1, -0.05) is 61.0 Å². The molecule has 0 saturated heterocycles. The van der Waals surface area contributed by atoms with Crippen LogP contribution < -0.4 is 0 Å². The summed E-state index contributed by atoms with van der Waals surface area (Å²) in [5.41, 5.74) is 1.82. The predicted octanol–water partition coefficient (Wildman–Crippen LogP) is 4.06. The van der Waals surface area contributed by atoms with Crippen LogP contribution in [0, 0.1) is 0 Å². The van der Waals surface area contributed by atoms with E-state index < -0.39 is 9.84 Å². The van der Waals surface area contributed by atoms with Crippen LogP contribution >= 0.6 is 11.6 Å². The maximum atomic E-state index is 12.2. The van der Waals surface area contributed by atoms with Crippen molar-refractivity contribution in [2.24, 2.45) is 0 Å². The Bertz CT molecular complexity index is 649. The van der Waals surface area contributed by atoms with Crippen LogP contribution in [0.3, 0.4) is 0 Å². The number of hydrogen-bond acceptors (Lipinski definition) is 2. The second-order valence-electron chi connectivity index (χ2n) is 4.99. The summed E-state index contributed by atoms with van der Waals surface area (Å²) in [6.45, 7) is 1.92. The molecule has 20 heavy (non-hydrogen) atoms. The summed E-state index contributed by atoms with van der Waals surface area (Å²) in [4.78, 5) is 0. The fourth-order valence-electron chi connectivity index (χ4n) is 2.16. The van der Waals surface area contributed by atoms with Crippen molar-refractivity contribution in [2.45, 2.75) is 18.6 Å². The van der Waals surface area contributed by atoms with Gasteiger partial charge in [-0.25, -0.2) is 8.42 Å². The van der Waals surface area contributed by atoms with Crippen LogP contribution in [0.25, 0.3) is 0 Å². The van der Waals surface area contributed by atoms with Gasteiger partial charge in [0, 0.05) is 5.02 Å². The van der Waals surface area contributed by atoms with Gasteiger partial charge in [-0.15, -0.1) is 0 Å². The standard InChI is InChI=1S/C16H17ClO2S/c1-13(15-7-9-16(17)10-8-15)11-20(18,19)12-14-5-3-2-4-6-14/h2-10,13H,11-12H2,1H3/t13-/m0/s1. The fourth-order valence-corrected chi connectivity index (χ4v) is 4.05. The first kappa shape index (κ1) is 15.1. The van der Waals surface area contributed by atoms with Gasteiger partial charge in [0.05, 0.1) is 11.5 Å². The third kappa shape index (κ3) is 4.36. The average Bonchev–Trinajstić information content (AvgIpc) is 2.39. The van der Waals surface area contributed by atoms with Crippen LogP contribution in [0.15, 0.2) is 54.6 Å². The molecule has 0 unspecified atom stereocenters. The van der Waals surface area contributed by atoms with Gasteiger partial charge in [0.2, 0.25) is 0 Å². The smallest absolute Gasteiger partial charge is 0.155 e. The predicted molar refractivity (Wildman–Crippen MR) is 83.8 cm³/mol. The van der Waals surface area contributed by atoms with E-state index in [9.17, 15) is 8.42 Å². The zero-order chi connectivity index (χ0) is 14.6. The van der Waals surface area contributed by atoms with Crippen LogP contribution in [0.1, 0.15) is 24.0 Å². The van der Waals surface area contributed by atoms with E-state index in [0.29, 0.717) is 5.02 Å². The van der Waals surface area contributed by atoms with Crippen LogP contribution in [0.2, 0.25) is 5.02 Å². The Hall–Kier alpha value is -1.32. The normalized spacial score (nSPS) is 13.1. The maximum absolute atomic E-state index is 12.2. The minimum absolute atomic E-state index is 0.0408. The zero-order valence-electron chi connectivity index (χ0n) is 11.3. The number of hydrogen-bond donors (Lipinski definition) is 0. The molecule has 0 aliphatic heterocycles. The van der Waals surface area contributed by atoms with E-state index in [0.717, 1.165) is 11.1 Å². The molecule has 2 rings (SSSR count). The van der Waals surface area contributed by atoms with Crippen LogP contribution in [0.4, 0.5) is 0 Å². The summed E-state index contributed by atoms with van der Waals surface area (Å²) in [5, 5.41) is 0.660. The lowest BCUT2D eigenvalue weighted by atomic mass is 10.0. The summed E-state index contributed by atoms with van der Waals surface area (Å²) >= 11 is 5.84. The van der Waals surface area contributed by atoms with Crippen molar-refractivity contribution in [2.75, 3.05) is 5.75 Å². The zero-order valence-corrected chi connectivity index (χ0v) is 12.9. The minimum Gasteiger partial charge on any atom is -0.228 e. The minimum atomic E-state index is -3.13. The summed E-state index contributed by atoms with van der Waals surface area (Å²) in [6.07, 6.45) is 0. The Morgan fingerprint density at radius 2 is 1.60 bits per heavy atom. The Kier molecular flexibility index (Phi) is 4.84. The number of sulfone groups is 1. The molecule has 0 saturated carbocycles. The van der Waals surface area contributed by atoms with E-state index in [1.807, 2.05) is 49.4 Å². The second kappa shape index (κ2) is 6.42. The Balaban J connectivity index is 2.06. The van der Waals surface area contributed by atoms with E-state index in [-0.39, 0.29) is 17.4 Å². The highest BCUT2D eigenvalue weighted by atomic mass is 35.5. The first-order valence-electron chi connectivity index (χ1n) is 6.46. The molecule has 0 amide bonds. The molecule has 0 bridgehead atoms. The molecule has 0 N–H and O–H groups in total. The van der Waals surface area contributed by atoms with Gasteiger partial charge >= 0.3 is 0 Å². The molecule has 0 radical (unpaired) electrons. The lowest BCUT2D eigenvalue weighted by molar-refractivity contribution is 0.589. The van der Waals surface area contributed by atoms with E-state index in [4.69, 9.17) is 11.6 Å². The molecule has 2 aromatic rings. The first-order valence-corrected chi connectivity index (χ1v) is 8.66. The molecular formula is C16H17ClO2S. The highest BCUT2D eigenvalue weighted by molar-refractivity contribution is 7.90. The molecule has 0 aliphatic rings. The molecule has 106 valence electrons. The van der Waals surface area contributed by atoms with Crippen LogP contribution in [-0.4, -0.2) is 14.2 Å². The molecule has 1 atom stereocenters. The SMILES string of the molecule is C[C@@H](CS(=O)(=O)Cc1ccccc1)c1ccc(Cl)cc1. The van der Waals surface area contributed by atoms with Crippen molar-refractivity contribution in [3.63, 3.8) is 0 Å². The van der Waals surface area contributed by atoms with Gasteiger partial charge in [-0.05, 0) is 29.2 Å². The largest absolute Gasteiger partial charge is 0.228 e. The molecule has 4 heteroatoms. The van der Waals surface area contributed by atoms with Gasteiger partial charge in [-0.3, -0.25) is 0 Å². The number of benzene rings is 2. The average molecular weight is 309 g/mol. The Labute approximate surface area is 125 Å². The topological polar surface area (TPSA) is 34.1 Å². The summed E-state index contributed by atoms with van der Waals surface area (Å²) in [7, 11) is -3.13. The summed E-state index contributed by atoms with van der Waals surface area (Å²) in [6, 6.07) is 16.6. The molecule has 0 aromatic heterocycles. The van der Waals surface area contributed by atoms with Crippen LogP contribution in [-0.2, 0) is 15.6 Å². The molecular weight excluding hydrogens is 292 g/mol. The van der Waals surface area contributed by atoms with Gasteiger partial charge in [-0.2, -0.15) is 0 Å². The number of halogens is 1. The van der Waals surface area contributed by atoms with Crippen molar-refractivity contribution in [3.8, 4) is 0 Å². The van der Waals surface area contributed by atoms with E-state index in [1.165, 1.54) is 0 Å². The Morgan fingerprint density at radius 3 is 2.20 bits per heavy atom. The Morgan fingerprint density at radius 1 is 1.00 bits per heavy atom. The summed E-state index contributed by atoms with van der Waals surface area (Å²) < 4.78 is 24.4. The lowest BCUT2D eigenvalue weighted by Crippen LogP contribution is -2.14. The van der Waals surface area contributed by atoms with Gasteiger partial charge in [0.25, 0.3) is 0 Å². The highest BCUT2D eigenvalue weighted by Crippen LogP contribution is 2.21. The molecule has 0 spiro atoms. The van der Waals surface area contributed by atoms with Crippen molar-refractivity contribution < 1.29 is 8.42 Å². The molecule has 2 aromatic carbocycles. The molecule has 0 aliphatic carbocycles. The summed E-state index contributed by atoms with van der Waals surface area (Å²) in [5.74, 6) is 0.191. The monoisotopic (exact) mass is 308 g/mol. The van der Waals surface area contributed by atoms with Crippen molar-refractivity contribution >= 4 is 21.4 Å². The van der Waals surface area contributed by atoms with Crippen molar-refractivity contribution in [3.05, 3.63) is 70.7 Å². The quantitative estimate of drug-likeness (QED) is 0.834. The molecule has 0 fully saturated rings. The maximum Gasteiger partial charge on any atom is 0.155 e.